The van der Waals surface area contributed by atoms with Crippen molar-refractivity contribution in [3.05, 3.63) is 0 Å². The Kier molecular flexibility index (Phi) is 5.41. The van der Waals surface area contributed by atoms with Crippen LogP contribution in [0.25, 0.3) is 0 Å². The van der Waals surface area contributed by atoms with E-state index in [1.807, 2.05) is 13.8 Å². The number of aliphatic hydroxyl groups is 1. The van der Waals surface area contributed by atoms with Crippen molar-refractivity contribution in [2.45, 2.75) is 51.6 Å². The van der Waals surface area contributed by atoms with Gasteiger partial charge in [-0.3, -0.25) is 9.69 Å². The molecule has 116 valence electrons. The smallest absolute Gasteiger partial charge is 0.230 e. The molecule has 2 aliphatic rings. The second kappa shape index (κ2) is 6.87. The lowest BCUT2D eigenvalue weighted by Crippen LogP contribution is -2.58. The van der Waals surface area contributed by atoms with Gasteiger partial charge in [-0.05, 0) is 59.2 Å². The average molecular weight is 283 g/mol. The monoisotopic (exact) mass is 283 g/mol. The molecule has 2 fully saturated rings. The second-order valence-corrected chi connectivity index (χ2v) is 6.62. The van der Waals surface area contributed by atoms with Crippen molar-refractivity contribution in [3.63, 3.8) is 0 Å². The number of rotatable bonds is 4. The Bertz CT molecular complexity index is 329. The predicted octanol–water partition coefficient (Wildman–Crippen LogP) is 0.338. The third kappa shape index (κ3) is 3.51. The van der Waals surface area contributed by atoms with Crippen molar-refractivity contribution in [3.8, 4) is 0 Å². The Hall–Kier alpha value is -0.650. The number of amides is 1. The van der Waals surface area contributed by atoms with Crippen molar-refractivity contribution in [1.29, 1.82) is 0 Å². The lowest BCUT2D eigenvalue weighted by atomic mass is 9.78. The van der Waals surface area contributed by atoms with Crippen LogP contribution in [-0.2, 0) is 4.79 Å². The van der Waals surface area contributed by atoms with E-state index in [1.54, 1.807) is 0 Å². The van der Waals surface area contributed by atoms with Crippen LogP contribution in [0.2, 0.25) is 0 Å². The Morgan fingerprint density at radius 2 is 2.15 bits per heavy atom. The third-order valence-electron chi connectivity index (χ3n) is 4.64. The first kappa shape index (κ1) is 15.7. The summed E-state index contributed by atoms with van der Waals surface area (Å²) < 4.78 is 0. The molecule has 2 heterocycles. The maximum absolute atomic E-state index is 12.5. The summed E-state index contributed by atoms with van der Waals surface area (Å²) in [4.78, 5) is 14.9. The summed E-state index contributed by atoms with van der Waals surface area (Å²) in [7, 11) is 0. The fraction of sp³-hybridized carbons (Fsp3) is 0.933. The van der Waals surface area contributed by atoms with Crippen molar-refractivity contribution in [1.82, 2.24) is 15.5 Å². The van der Waals surface area contributed by atoms with Crippen LogP contribution in [0.1, 0.15) is 39.5 Å². The number of hydrogen-bond donors (Lipinski definition) is 3. The van der Waals surface area contributed by atoms with Gasteiger partial charge >= 0.3 is 0 Å². The van der Waals surface area contributed by atoms with Gasteiger partial charge in [0, 0.05) is 18.6 Å². The largest absolute Gasteiger partial charge is 0.395 e. The zero-order valence-electron chi connectivity index (χ0n) is 12.8. The van der Waals surface area contributed by atoms with E-state index in [0.717, 1.165) is 45.3 Å². The summed E-state index contributed by atoms with van der Waals surface area (Å²) in [5, 5.41) is 16.2. The SMILES string of the molecule is CC(C)NC(=O)C1(CO)CCCN(C2CCNCC2)C1. The molecule has 2 aliphatic heterocycles. The minimum Gasteiger partial charge on any atom is -0.395 e. The fourth-order valence-corrected chi connectivity index (χ4v) is 3.45. The van der Waals surface area contributed by atoms with Crippen LogP contribution in [0.3, 0.4) is 0 Å². The van der Waals surface area contributed by atoms with E-state index in [9.17, 15) is 9.90 Å². The first-order chi connectivity index (χ1) is 9.57. The molecule has 0 spiro atoms. The molecular formula is C15H29N3O2. The van der Waals surface area contributed by atoms with E-state index in [2.05, 4.69) is 15.5 Å². The van der Waals surface area contributed by atoms with Gasteiger partial charge in [-0.1, -0.05) is 0 Å². The Morgan fingerprint density at radius 3 is 2.75 bits per heavy atom. The molecule has 3 N–H and O–H groups in total. The first-order valence-corrected chi connectivity index (χ1v) is 7.94. The Morgan fingerprint density at radius 1 is 1.45 bits per heavy atom. The summed E-state index contributed by atoms with van der Waals surface area (Å²) in [5.74, 6) is 0.0219. The van der Waals surface area contributed by atoms with Crippen LogP contribution in [-0.4, -0.2) is 60.8 Å². The van der Waals surface area contributed by atoms with Gasteiger partial charge in [0.1, 0.15) is 0 Å². The number of aliphatic hydroxyl groups excluding tert-OH is 1. The van der Waals surface area contributed by atoms with Gasteiger partial charge in [0.05, 0.1) is 12.0 Å². The van der Waals surface area contributed by atoms with E-state index in [4.69, 9.17) is 0 Å². The summed E-state index contributed by atoms with van der Waals surface area (Å²) in [6.07, 6.45) is 4.08. The van der Waals surface area contributed by atoms with Crippen LogP contribution < -0.4 is 10.6 Å². The summed E-state index contributed by atoms with van der Waals surface area (Å²) >= 11 is 0. The molecule has 1 amide bonds. The van der Waals surface area contributed by atoms with Gasteiger partial charge in [0.15, 0.2) is 0 Å². The number of carbonyl (C=O) groups excluding carboxylic acids is 1. The van der Waals surface area contributed by atoms with E-state index in [1.165, 1.54) is 0 Å². The molecule has 0 radical (unpaired) electrons. The summed E-state index contributed by atoms with van der Waals surface area (Å²) in [6.45, 7) is 7.77. The number of likely N-dealkylation sites (tertiary alicyclic amines) is 1. The van der Waals surface area contributed by atoms with Gasteiger partial charge in [-0.25, -0.2) is 0 Å². The molecule has 0 saturated carbocycles. The van der Waals surface area contributed by atoms with Gasteiger partial charge in [-0.15, -0.1) is 0 Å². The standard InChI is InChI=1S/C15H29N3O2/c1-12(2)17-14(20)15(11-19)6-3-9-18(10-15)13-4-7-16-8-5-13/h12-13,16,19H,3-11H2,1-2H3,(H,17,20). The van der Waals surface area contributed by atoms with Crippen LogP contribution in [0, 0.1) is 5.41 Å². The summed E-state index contributed by atoms with van der Waals surface area (Å²) in [5.41, 5.74) is -0.604. The number of hydrogen-bond acceptors (Lipinski definition) is 4. The highest BCUT2D eigenvalue weighted by molar-refractivity contribution is 5.83. The molecule has 2 rings (SSSR count). The minimum absolute atomic E-state index is 0.0219. The van der Waals surface area contributed by atoms with Gasteiger partial charge in [-0.2, -0.15) is 0 Å². The van der Waals surface area contributed by atoms with Crippen LogP contribution in [0.5, 0.6) is 0 Å². The van der Waals surface area contributed by atoms with E-state index < -0.39 is 5.41 Å². The molecule has 2 saturated heterocycles. The van der Waals surface area contributed by atoms with Gasteiger partial charge < -0.3 is 15.7 Å². The maximum Gasteiger partial charge on any atom is 0.230 e. The maximum atomic E-state index is 12.5. The van der Waals surface area contributed by atoms with Crippen molar-refractivity contribution in [2.75, 3.05) is 32.8 Å². The molecule has 0 aromatic carbocycles. The number of carbonyl (C=O) groups is 1. The van der Waals surface area contributed by atoms with Crippen LogP contribution >= 0.6 is 0 Å². The normalized spacial score (nSPS) is 29.6. The second-order valence-electron chi connectivity index (χ2n) is 6.62. The molecule has 0 aromatic heterocycles. The molecular weight excluding hydrogens is 254 g/mol. The molecule has 20 heavy (non-hydrogen) atoms. The molecule has 5 heteroatoms. The quantitative estimate of drug-likeness (QED) is 0.696. The van der Waals surface area contributed by atoms with E-state index in [0.29, 0.717) is 12.6 Å². The molecule has 1 unspecified atom stereocenters. The molecule has 0 aliphatic carbocycles. The van der Waals surface area contributed by atoms with Gasteiger partial charge in [0.25, 0.3) is 0 Å². The third-order valence-corrected chi connectivity index (χ3v) is 4.64. The van der Waals surface area contributed by atoms with Crippen molar-refractivity contribution in [2.24, 2.45) is 5.41 Å². The number of nitrogens with zero attached hydrogens (tertiary/aromatic N) is 1. The topological polar surface area (TPSA) is 64.6 Å². The van der Waals surface area contributed by atoms with Crippen LogP contribution in [0.4, 0.5) is 0 Å². The van der Waals surface area contributed by atoms with Crippen LogP contribution in [0.15, 0.2) is 0 Å². The minimum atomic E-state index is -0.604. The number of nitrogens with one attached hydrogen (secondary N) is 2. The zero-order valence-corrected chi connectivity index (χ0v) is 12.8. The van der Waals surface area contributed by atoms with E-state index in [-0.39, 0.29) is 18.6 Å². The molecule has 1 atom stereocenters. The average Bonchev–Trinajstić information content (AvgIpc) is 2.47. The molecule has 0 bridgehead atoms. The Balaban J connectivity index is 2.03. The molecule has 0 aromatic rings. The Labute approximate surface area is 122 Å². The lowest BCUT2D eigenvalue weighted by Gasteiger charge is -2.45. The van der Waals surface area contributed by atoms with Crippen molar-refractivity contribution >= 4 is 5.91 Å². The van der Waals surface area contributed by atoms with Crippen molar-refractivity contribution < 1.29 is 9.90 Å². The highest BCUT2D eigenvalue weighted by atomic mass is 16.3. The fourth-order valence-electron chi connectivity index (χ4n) is 3.45. The summed E-state index contributed by atoms with van der Waals surface area (Å²) in [6, 6.07) is 0.689. The lowest BCUT2D eigenvalue weighted by molar-refractivity contribution is -0.139. The zero-order chi connectivity index (χ0) is 14.6. The highest BCUT2D eigenvalue weighted by Gasteiger charge is 2.43. The number of piperidine rings is 2. The molecule has 5 nitrogen and oxygen atoms in total. The highest BCUT2D eigenvalue weighted by Crippen LogP contribution is 2.32. The predicted molar refractivity (Wildman–Crippen MR) is 79.5 cm³/mol. The first-order valence-electron chi connectivity index (χ1n) is 7.94. The van der Waals surface area contributed by atoms with Gasteiger partial charge in [0.2, 0.25) is 5.91 Å². The van der Waals surface area contributed by atoms with E-state index >= 15 is 0 Å².